The summed E-state index contributed by atoms with van der Waals surface area (Å²) < 4.78 is 0. The van der Waals surface area contributed by atoms with Crippen LogP contribution in [0.4, 0.5) is 0 Å². The number of hydrogen-bond acceptors (Lipinski definition) is 3. The predicted octanol–water partition coefficient (Wildman–Crippen LogP) is 0.738. The van der Waals surface area contributed by atoms with E-state index in [-0.39, 0.29) is 5.91 Å². The van der Waals surface area contributed by atoms with Crippen LogP contribution in [0.2, 0.25) is 0 Å². The van der Waals surface area contributed by atoms with Crippen LogP contribution in [-0.4, -0.2) is 46.9 Å². The summed E-state index contributed by atoms with van der Waals surface area (Å²) >= 11 is 0. The number of nitrogens with zero attached hydrogens (tertiary/aromatic N) is 1. The van der Waals surface area contributed by atoms with E-state index in [1.165, 1.54) is 20.9 Å². The fourth-order valence-corrected chi connectivity index (χ4v) is 1.75. The van der Waals surface area contributed by atoms with Gasteiger partial charge in [0.2, 0.25) is 5.91 Å². The summed E-state index contributed by atoms with van der Waals surface area (Å²) in [7, 11) is 1.38. The highest BCUT2D eigenvalue weighted by atomic mass is 16.4. The van der Waals surface area contributed by atoms with Crippen LogP contribution < -0.4 is 5.32 Å². The molecule has 20 heavy (non-hydrogen) atoms. The van der Waals surface area contributed by atoms with Crippen LogP contribution in [0.5, 0.6) is 0 Å². The van der Waals surface area contributed by atoms with E-state index in [0.29, 0.717) is 5.56 Å². The zero-order valence-corrected chi connectivity index (χ0v) is 11.7. The van der Waals surface area contributed by atoms with Crippen molar-refractivity contribution >= 4 is 17.8 Å². The van der Waals surface area contributed by atoms with E-state index < -0.39 is 24.0 Å². The van der Waals surface area contributed by atoms with E-state index in [4.69, 9.17) is 5.11 Å². The van der Waals surface area contributed by atoms with Gasteiger partial charge in [-0.3, -0.25) is 14.4 Å². The number of benzene rings is 1. The summed E-state index contributed by atoms with van der Waals surface area (Å²) in [5, 5.41) is 11.3. The lowest BCUT2D eigenvalue weighted by Gasteiger charge is -2.29. The maximum atomic E-state index is 12.1. The van der Waals surface area contributed by atoms with Gasteiger partial charge in [-0.2, -0.15) is 0 Å². The van der Waals surface area contributed by atoms with Gasteiger partial charge in [0.15, 0.2) is 0 Å². The molecule has 6 heteroatoms. The number of nitrogens with one attached hydrogen (secondary N) is 1. The Morgan fingerprint density at radius 2 is 1.75 bits per heavy atom. The van der Waals surface area contributed by atoms with Crippen LogP contribution in [0.25, 0.3) is 0 Å². The molecule has 0 bridgehead atoms. The summed E-state index contributed by atoms with van der Waals surface area (Å²) in [6.45, 7) is 2.66. The van der Waals surface area contributed by atoms with Gasteiger partial charge >= 0.3 is 5.97 Å². The molecule has 0 atom stereocenters. The molecule has 0 heterocycles. The van der Waals surface area contributed by atoms with Crippen molar-refractivity contribution in [2.75, 3.05) is 13.6 Å². The largest absolute Gasteiger partial charge is 0.480 e. The molecule has 0 fully saturated rings. The first-order valence-electron chi connectivity index (χ1n) is 6.09. The first-order valence-corrected chi connectivity index (χ1v) is 6.09. The second-order valence-electron chi connectivity index (χ2n) is 5.00. The monoisotopic (exact) mass is 278 g/mol. The number of aliphatic carboxylic acids is 1. The Morgan fingerprint density at radius 3 is 2.25 bits per heavy atom. The quantitative estimate of drug-likeness (QED) is 0.831. The second kappa shape index (κ2) is 6.18. The van der Waals surface area contributed by atoms with Gasteiger partial charge in [0.05, 0.1) is 0 Å². The van der Waals surface area contributed by atoms with Gasteiger partial charge in [0.1, 0.15) is 12.1 Å². The minimum Gasteiger partial charge on any atom is -0.480 e. The van der Waals surface area contributed by atoms with Gasteiger partial charge < -0.3 is 15.3 Å². The maximum Gasteiger partial charge on any atom is 0.323 e. The van der Waals surface area contributed by atoms with E-state index >= 15 is 0 Å². The third-order valence-electron chi connectivity index (χ3n) is 2.72. The lowest BCUT2D eigenvalue weighted by molar-refractivity contribution is -0.145. The fraction of sp³-hybridized carbons (Fsp3) is 0.357. The molecule has 0 radical (unpaired) electrons. The first kappa shape index (κ1) is 15.7. The molecule has 2 N–H and O–H groups in total. The van der Waals surface area contributed by atoms with Crippen LogP contribution in [0, 0.1) is 0 Å². The van der Waals surface area contributed by atoms with Crippen molar-refractivity contribution < 1.29 is 19.5 Å². The molecule has 0 saturated heterocycles. The van der Waals surface area contributed by atoms with Gasteiger partial charge in [-0.15, -0.1) is 0 Å². The summed E-state index contributed by atoms with van der Waals surface area (Å²) in [5.74, 6) is -1.96. The van der Waals surface area contributed by atoms with E-state index in [9.17, 15) is 14.4 Å². The molecular formula is C14H18N2O4. The molecule has 0 aromatic heterocycles. The number of carbonyl (C=O) groups is 3. The molecule has 0 aliphatic carbocycles. The highest BCUT2D eigenvalue weighted by Crippen LogP contribution is 2.09. The second-order valence-corrected chi connectivity index (χ2v) is 5.00. The van der Waals surface area contributed by atoms with Crippen molar-refractivity contribution in [2.24, 2.45) is 0 Å². The number of carbonyl (C=O) groups excluding carboxylic acids is 2. The number of carboxylic acid groups (broad SMARTS) is 1. The van der Waals surface area contributed by atoms with E-state index in [0.717, 1.165) is 4.90 Å². The van der Waals surface area contributed by atoms with Crippen molar-refractivity contribution in [3.63, 3.8) is 0 Å². The molecule has 6 nitrogen and oxygen atoms in total. The molecule has 0 aliphatic rings. The Bertz CT molecular complexity index is 511. The zero-order chi connectivity index (χ0) is 15.3. The van der Waals surface area contributed by atoms with E-state index in [1.54, 1.807) is 30.3 Å². The number of likely N-dealkylation sites (N-methyl/N-ethyl adjacent to an activating group) is 1. The van der Waals surface area contributed by atoms with Crippen LogP contribution in [0.3, 0.4) is 0 Å². The highest BCUT2D eigenvalue weighted by Gasteiger charge is 2.32. The summed E-state index contributed by atoms with van der Waals surface area (Å²) in [6, 6.07) is 8.50. The summed E-state index contributed by atoms with van der Waals surface area (Å²) in [4.78, 5) is 35.8. The van der Waals surface area contributed by atoms with Crippen molar-refractivity contribution in [3.8, 4) is 0 Å². The highest BCUT2D eigenvalue weighted by molar-refractivity contribution is 5.99. The van der Waals surface area contributed by atoms with Crippen molar-refractivity contribution in [1.29, 1.82) is 0 Å². The van der Waals surface area contributed by atoms with Gasteiger partial charge in [-0.05, 0) is 26.0 Å². The minimum atomic E-state index is -1.18. The molecule has 1 aromatic carbocycles. The van der Waals surface area contributed by atoms with Crippen LogP contribution >= 0.6 is 0 Å². The SMILES string of the molecule is CN(CC(=O)O)C(=O)C(C)(C)NC(=O)c1ccccc1. The predicted molar refractivity (Wildman–Crippen MR) is 73.3 cm³/mol. The fourth-order valence-electron chi connectivity index (χ4n) is 1.75. The lowest BCUT2D eigenvalue weighted by Crippen LogP contribution is -2.55. The van der Waals surface area contributed by atoms with Crippen LogP contribution in [-0.2, 0) is 9.59 Å². The zero-order valence-electron chi connectivity index (χ0n) is 11.7. The van der Waals surface area contributed by atoms with Gasteiger partial charge in [-0.25, -0.2) is 0 Å². The standard InChI is InChI=1S/C14H18N2O4/c1-14(2,13(20)16(3)9-11(17)18)15-12(19)10-7-5-4-6-8-10/h4-8H,9H2,1-3H3,(H,15,19)(H,17,18). The molecular weight excluding hydrogens is 260 g/mol. The number of rotatable bonds is 5. The third kappa shape index (κ3) is 4.08. The van der Waals surface area contributed by atoms with E-state index in [2.05, 4.69) is 5.32 Å². The Hall–Kier alpha value is -2.37. The number of hydrogen-bond donors (Lipinski definition) is 2. The average Bonchev–Trinajstić information content (AvgIpc) is 2.37. The molecule has 108 valence electrons. The minimum absolute atomic E-state index is 0.382. The molecule has 2 amide bonds. The van der Waals surface area contributed by atoms with E-state index in [1.807, 2.05) is 0 Å². The van der Waals surface area contributed by atoms with Crippen LogP contribution in [0.1, 0.15) is 24.2 Å². The maximum absolute atomic E-state index is 12.1. The topological polar surface area (TPSA) is 86.7 Å². The Labute approximate surface area is 117 Å². The number of carboxylic acids is 1. The molecule has 0 saturated carbocycles. The van der Waals surface area contributed by atoms with Crippen molar-refractivity contribution in [3.05, 3.63) is 35.9 Å². The normalized spacial score (nSPS) is 10.8. The summed E-state index contributed by atoms with van der Waals surface area (Å²) in [5.41, 5.74) is -0.744. The average molecular weight is 278 g/mol. The molecule has 1 rings (SSSR count). The lowest BCUT2D eigenvalue weighted by atomic mass is 10.0. The van der Waals surface area contributed by atoms with Gasteiger partial charge in [-0.1, -0.05) is 18.2 Å². The molecule has 0 aliphatic heterocycles. The molecule has 0 spiro atoms. The Morgan fingerprint density at radius 1 is 1.20 bits per heavy atom. The molecule has 1 aromatic rings. The third-order valence-corrected chi connectivity index (χ3v) is 2.72. The smallest absolute Gasteiger partial charge is 0.323 e. The van der Waals surface area contributed by atoms with Crippen molar-refractivity contribution in [2.45, 2.75) is 19.4 Å². The van der Waals surface area contributed by atoms with Crippen LogP contribution in [0.15, 0.2) is 30.3 Å². The van der Waals surface area contributed by atoms with Gasteiger partial charge in [0.25, 0.3) is 5.91 Å². The first-order chi connectivity index (χ1) is 9.24. The Balaban J connectivity index is 2.76. The summed E-state index contributed by atoms with van der Waals surface area (Å²) in [6.07, 6.45) is 0. The number of amides is 2. The molecule has 0 unspecified atom stereocenters. The van der Waals surface area contributed by atoms with Crippen molar-refractivity contribution in [1.82, 2.24) is 10.2 Å². The van der Waals surface area contributed by atoms with Gasteiger partial charge in [0, 0.05) is 12.6 Å². The Kier molecular flexibility index (Phi) is 4.85.